The number of aryl methyl sites for hydroxylation is 1. The van der Waals surface area contributed by atoms with Gasteiger partial charge in [-0.05, 0) is 33.3 Å². The number of likely N-dealkylation sites (N-methyl/N-ethyl adjacent to an activating group) is 1. The molecule has 0 aliphatic carbocycles. The van der Waals surface area contributed by atoms with Crippen molar-refractivity contribution in [1.82, 2.24) is 25.4 Å². The van der Waals surface area contributed by atoms with E-state index < -0.39 is 6.04 Å². The Hall–Kier alpha value is -2.35. The van der Waals surface area contributed by atoms with E-state index in [2.05, 4.69) is 20.8 Å². The van der Waals surface area contributed by atoms with Gasteiger partial charge in [-0.1, -0.05) is 36.0 Å². The van der Waals surface area contributed by atoms with Gasteiger partial charge >= 0.3 is 0 Å². The number of benzene rings is 1. The number of amides is 2. The second-order valence-electron chi connectivity index (χ2n) is 5.84. The summed E-state index contributed by atoms with van der Waals surface area (Å²) in [5.74, 6) is 0.570. The lowest BCUT2D eigenvalue weighted by Gasteiger charge is -2.13. The lowest BCUT2D eigenvalue weighted by Crippen LogP contribution is -2.45. The molecule has 0 aliphatic rings. The Morgan fingerprint density at radius 3 is 2.62 bits per heavy atom. The highest BCUT2D eigenvalue weighted by Crippen LogP contribution is 2.26. The van der Waals surface area contributed by atoms with Gasteiger partial charge in [0.2, 0.25) is 11.8 Å². The first-order chi connectivity index (χ1) is 12.5. The molecule has 26 heavy (non-hydrogen) atoms. The SMILES string of the molecule is CCNC(=O)[C@@H](C)NC(=O)CSc1nnc(-c2ccccc2C)n1CC. The maximum absolute atomic E-state index is 12.1. The smallest absolute Gasteiger partial charge is 0.242 e. The Labute approximate surface area is 158 Å². The average Bonchev–Trinajstić information content (AvgIpc) is 3.03. The first-order valence-electron chi connectivity index (χ1n) is 8.67. The van der Waals surface area contributed by atoms with E-state index in [1.54, 1.807) is 6.92 Å². The predicted octanol–water partition coefficient (Wildman–Crippen LogP) is 2.01. The lowest BCUT2D eigenvalue weighted by atomic mass is 10.1. The molecule has 0 saturated carbocycles. The van der Waals surface area contributed by atoms with E-state index in [-0.39, 0.29) is 17.6 Å². The zero-order valence-corrected chi connectivity index (χ0v) is 16.4. The predicted molar refractivity (Wildman–Crippen MR) is 103 cm³/mol. The molecular weight excluding hydrogens is 350 g/mol. The van der Waals surface area contributed by atoms with Gasteiger partial charge in [-0.15, -0.1) is 10.2 Å². The maximum Gasteiger partial charge on any atom is 0.242 e. The second-order valence-corrected chi connectivity index (χ2v) is 6.78. The Balaban J connectivity index is 2.03. The first kappa shape index (κ1) is 20.0. The minimum atomic E-state index is -0.561. The largest absolute Gasteiger partial charge is 0.355 e. The van der Waals surface area contributed by atoms with Gasteiger partial charge in [0.1, 0.15) is 6.04 Å². The number of thioether (sulfide) groups is 1. The molecule has 2 amide bonds. The Morgan fingerprint density at radius 1 is 1.23 bits per heavy atom. The summed E-state index contributed by atoms with van der Waals surface area (Å²) in [6, 6.07) is 7.45. The van der Waals surface area contributed by atoms with Crippen LogP contribution in [0.1, 0.15) is 26.3 Å². The highest BCUT2D eigenvalue weighted by molar-refractivity contribution is 7.99. The van der Waals surface area contributed by atoms with Crippen LogP contribution in [0.5, 0.6) is 0 Å². The van der Waals surface area contributed by atoms with Crippen molar-refractivity contribution in [3.63, 3.8) is 0 Å². The first-order valence-corrected chi connectivity index (χ1v) is 9.65. The summed E-state index contributed by atoms with van der Waals surface area (Å²) in [5.41, 5.74) is 2.16. The van der Waals surface area contributed by atoms with Crippen LogP contribution in [0.3, 0.4) is 0 Å². The normalized spacial score (nSPS) is 11.8. The van der Waals surface area contributed by atoms with E-state index in [0.717, 1.165) is 17.0 Å². The summed E-state index contributed by atoms with van der Waals surface area (Å²) >= 11 is 1.31. The van der Waals surface area contributed by atoms with E-state index in [1.165, 1.54) is 11.8 Å². The number of carbonyl (C=O) groups excluding carboxylic acids is 2. The van der Waals surface area contributed by atoms with Crippen molar-refractivity contribution >= 4 is 23.6 Å². The molecule has 1 aromatic heterocycles. The molecule has 8 heteroatoms. The highest BCUT2D eigenvalue weighted by Gasteiger charge is 2.18. The lowest BCUT2D eigenvalue weighted by molar-refractivity contribution is -0.127. The Bertz CT molecular complexity index is 775. The van der Waals surface area contributed by atoms with Crippen molar-refractivity contribution in [2.45, 2.75) is 45.4 Å². The fourth-order valence-corrected chi connectivity index (χ4v) is 3.32. The van der Waals surface area contributed by atoms with Gasteiger partial charge in [0.15, 0.2) is 11.0 Å². The molecule has 0 bridgehead atoms. The van der Waals surface area contributed by atoms with Gasteiger partial charge in [0, 0.05) is 18.7 Å². The van der Waals surface area contributed by atoms with Crippen LogP contribution in [0.15, 0.2) is 29.4 Å². The molecule has 1 aromatic carbocycles. The number of hydrogen-bond donors (Lipinski definition) is 2. The van der Waals surface area contributed by atoms with Gasteiger partial charge in [-0.2, -0.15) is 0 Å². The van der Waals surface area contributed by atoms with E-state index in [0.29, 0.717) is 18.2 Å². The number of rotatable bonds is 8. The number of carbonyl (C=O) groups is 2. The van der Waals surface area contributed by atoms with Crippen LogP contribution in [-0.2, 0) is 16.1 Å². The van der Waals surface area contributed by atoms with E-state index in [9.17, 15) is 9.59 Å². The summed E-state index contributed by atoms with van der Waals surface area (Å²) in [6.07, 6.45) is 0. The van der Waals surface area contributed by atoms with Crippen molar-refractivity contribution in [3.05, 3.63) is 29.8 Å². The molecule has 7 nitrogen and oxygen atoms in total. The van der Waals surface area contributed by atoms with Crippen LogP contribution in [-0.4, -0.2) is 44.9 Å². The monoisotopic (exact) mass is 375 g/mol. The van der Waals surface area contributed by atoms with Crippen LogP contribution in [0.25, 0.3) is 11.4 Å². The molecule has 0 radical (unpaired) electrons. The topological polar surface area (TPSA) is 88.9 Å². The molecule has 140 valence electrons. The molecule has 1 atom stereocenters. The maximum atomic E-state index is 12.1. The molecule has 0 unspecified atom stereocenters. The minimum absolute atomic E-state index is 0.176. The van der Waals surface area contributed by atoms with Gasteiger partial charge in [-0.3, -0.25) is 9.59 Å². The summed E-state index contributed by atoms with van der Waals surface area (Å²) in [4.78, 5) is 23.8. The van der Waals surface area contributed by atoms with Crippen LogP contribution < -0.4 is 10.6 Å². The standard InChI is InChI=1S/C18H25N5O2S/c1-5-19-17(25)13(4)20-15(24)11-26-18-22-21-16(23(18)6-2)14-10-8-7-9-12(14)3/h7-10,13H,5-6,11H2,1-4H3,(H,19,25)(H,20,24)/t13-/m1/s1. The highest BCUT2D eigenvalue weighted by atomic mass is 32.2. The van der Waals surface area contributed by atoms with Crippen LogP contribution >= 0.6 is 11.8 Å². The van der Waals surface area contributed by atoms with Gasteiger partial charge in [-0.25, -0.2) is 0 Å². The third-order valence-corrected chi connectivity index (χ3v) is 4.84. The fraction of sp³-hybridized carbons (Fsp3) is 0.444. The minimum Gasteiger partial charge on any atom is -0.355 e. The third kappa shape index (κ3) is 4.85. The Morgan fingerprint density at radius 2 is 1.96 bits per heavy atom. The molecule has 1 heterocycles. The molecular formula is C18H25N5O2S. The van der Waals surface area contributed by atoms with E-state index in [4.69, 9.17) is 0 Å². The zero-order chi connectivity index (χ0) is 19.1. The van der Waals surface area contributed by atoms with E-state index in [1.807, 2.05) is 49.6 Å². The number of nitrogens with one attached hydrogen (secondary N) is 2. The van der Waals surface area contributed by atoms with Crippen molar-refractivity contribution in [1.29, 1.82) is 0 Å². The molecule has 2 N–H and O–H groups in total. The zero-order valence-electron chi connectivity index (χ0n) is 15.6. The Kier molecular flexibility index (Phi) is 7.20. The summed E-state index contributed by atoms with van der Waals surface area (Å²) < 4.78 is 1.99. The van der Waals surface area contributed by atoms with E-state index >= 15 is 0 Å². The molecule has 0 spiro atoms. The van der Waals surface area contributed by atoms with Crippen LogP contribution in [0.4, 0.5) is 0 Å². The molecule has 0 aliphatic heterocycles. The van der Waals surface area contributed by atoms with Crippen molar-refractivity contribution in [2.75, 3.05) is 12.3 Å². The quantitative estimate of drug-likeness (QED) is 0.689. The second kappa shape index (κ2) is 9.38. The fourth-order valence-electron chi connectivity index (χ4n) is 2.51. The van der Waals surface area contributed by atoms with Gasteiger partial charge in [0.05, 0.1) is 5.75 Å². The molecule has 0 fully saturated rings. The summed E-state index contributed by atoms with van der Waals surface area (Å²) in [6.45, 7) is 8.80. The van der Waals surface area contributed by atoms with Crippen LogP contribution in [0, 0.1) is 6.92 Å². The van der Waals surface area contributed by atoms with Crippen LogP contribution in [0.2, 0.25) is 0 Å². The number of hydrogen-bond acceptors (Lipinski definition) is 5. The van der Waals surface area contributed by atoms with Crippen molar-refractivity contribution in [3.8, 4) is 11.4 Å². The summed E-state index contributed by atoms with van der Waals surface area (Å²) in [7, 11) is 0. The molecule has 0 saturated heterocycles. The third-order valence-electron chi connectivity index (χ3n) is 3.87. The molecule has 2 aromatic rings. The van der Waals surface area contributed by atoms with Crippen molar-refractivity contribution in [2.24, 2.45) is 0 Å². The summed E-state index contributed by atoms with van der Waals surface area (Å²) in [5, 5.41) is 14.6. The van der Waals surface area contributed by atoms with Gasteiger partial charge in [0.25, 0.3) is 0 Å². The molecule has 2 rings (SSSR count). The van der Waals surface area contributed by atoms with Crippen molar-refractivity contribution < 1.29 is 9.59 Å². The number of nitrogens with zero attached hydrogens (tertiary/aromatic N) is 3. The van der Waals surface area contributed by atoms with Gasteiger partial charge < -0.3 is 15.2 Å². The number of aromatic nitrogens is 3. The average molecular weight is 375 g/mol.